The van der Waals surface area contributed by atoms with E-state index >= 15 is 0 Å². The molecule has 0 aromatic rings. The third-order valence-electron chi connectivity index (χ3n) is 2.35. The maximum absolute atomic E-state index is 12.0. The molecule has 0 radical (unpaired) electrons. The molecule has 0 aromatic carbocycles. The van der Waals surface area contributed by atoms with E-state index in [4.69, 9.17) is 5.73 Å². The number of nitrogens with two attached hydrogens (primary N) is 1. The fourth-order valence-electron chi connectivity index (χ4n) is 1.59. The van der Waals surface area contributed by atoms with Gasteiger partial charge in [-0.05, 0) is 40.7 Å². The number of amides is 1. The Morgan fingerprint density at radius 1 is 1.38 bits per heavy atom. The van der Waals surface area contributed by atoms with E-state index in [9.17, 15) is 4.79 Å². The number of nitrogens with one attached hydrogen (secondary N) is 1. The Kier molecular flexibility index (Phi) is 6.60. The average molecular weight is 229 g/mol. The van der Waals surface area contributed by atoms with Gasteiger partial charge in [0.2, 0.25) is 5.91 Å². The normalized spacial score (nSPS) is 13.9. The third kappa shape index (κ3) is 6.08. The zero-order valence-electron chi connectivity index (χ0n) is 11.3. The van der Waals surface area contributed by atoms with Crippen LogP contribution in [0.4, 0.5) is 0 Å². The van der Waals surface area contributed by atoms with E-state index < -0.39 is 0 Å². The summed E-state index contributed by atoms with van der Waals surface area (Å²) < 4.78 is 0. The van der Waals surface area contributed by atoms with Crippen molar-refractivity contribution in [2.24, 2.45) is 5.73 Å². The van der Waals surface area contributed by atoms with E-state index in [0.29, 0.717) is 6.54 Å². The lowest BCUT2D eigenvalue weighted by Crippen LogP contribution is -2.52. The second kappa shape index (κ2) is 6.86. The number of rotatable bonds is 6. The van der Waals surface area contributed by atoms with Crippen LogP contribution in [0.15, 0.2) is 0 Å². The molecule has 0 saturated carbocycles. The van der Waals surface area contributed by atoms with Gasteiger partial charge in [0, 0.05) is 18.6 Å². The van der Waals surface area contributed by atoms with Gasteiger partial charge in [-0.1, -0.05) is 6.92 Å². The Morgan fingerprint density at radius 3 is 2.31 bits per heavy atom. The maximum atomic E-state index is 12.0. The van der Waals surface area contributed by atoms with E-state index in [1.807, 2.05) is 27.7 Å². The van der Waals surface area contributed by atoms with Crippen LogP contribution in [0.5, 0.6) is 0 Å². The van der Waals surface area contributed by atoms with E-state index in [2.05, 4.69) is 17.1 Å². The minimum atomic E-state index is -0.175. The van der Waals surface area contributed by atoms with Gasteiger partial charge in [0.25, 0.3) is 0 Å². The van der Waals surface area contributed by atoms with Crippen LogP contribution >= 0.6 is 0 Å². The molecule has 16 heavy (non-hydrogen) atoms. The van der Waals surface area contributed by atoms with Gasteiger partial charge in [-0.15, -0.1) is 0 Å². The van der Waals surface area contributed by atoms with Crippen LogP contribution in [0.2, 0.25) is 0 Å². The quantitative estimate of drug-likeness (QED) is 0.713. The number of hydrogen-bond donors (Lipinski definition) is 2. The molecule has 0 rings (SSSR count). The van der Waals surface area contributed by atoms with Gasteiger partial charge in [0.1, 0.15) is 0 Å². The summed E-state index contributed by atoms with van der Waals surface area (Å²) in [6, 6.07) is -0.109. The van der Waals surface area contributed by atoms with E-state index in [1.54, 1.807) is 0 Å². The lowest BCUT2D eigenvalue weighted by molar-refractivity contribution is -0.127. The van der Waals surface area contributed by atoms with Gasteiger partial charge in [-0.25, -0.2) is 0 Å². The van der Waals surface area contributed by atoms with Crippen LogP contribution in [0.25, 0.3) is 0 Å². The van der Waals surface area contributed by atoms with E-state index in [1.165, 1.54) is 0 Å². The Hall–Kier alpha value is -0.610. The summed E-state index contributed by atoms with van der Waals surface area (Å²) in [4.78, 5) is 14.1. The first-order chi connectivity index (χ1) is 7.31. The molecule has 4 nitrogen and oxygen atoms in total. The van der Waals surface area contributed by atoms with Crippen LogP contribution in [0.1, 0.15) is 41.0 Å². The molecule has 3 N–H and O–H groups in total. The van der Waals surface area contributed by atoms with Crippen molar-refractivity contribution in [3.8, 4) is 0 Å². The van der Waals surface area contributed by atoms with Crippen molar-refractivity contribution >= 4 is 5.91 Å². The van der Waals surface area contributed by atoms with Crippen LogP contribution in [-0.4, -0.2) is 42.0 Å². The zero-order valence-corrected chi connectivity index (χ0v) is 11.3. The number of carbonyl (C=O) groups excluding carboxylic acids is 1. The molecule has 0 aliphatic rings. The highest BCUT2D eigenvalue weighted by molar-refractivity contribution is 5.81. The molecule has 0 saturated heterocycles. The smallest absolute Gasteiger partial charge is 0.237 e. The van der Waals surface area contributed by atoms with Gasteiger partial charge in [0.15, 0.2) is 0 Å². The van der Waals surface area contributed by atoms with Gasteiger partial charge in [-0.2, -0.15) is 0 Å². The highest BCUT2D eigenvalue weighted by atomic mass is 16.2. The number of nitrogens with zero attached hydrogens (tertiary/aromatic N) is 1. The summed E-state index contributed by atoms with van der Waals surface area (Å²) in [6.45, 7) is 12.3. The fourth-order valence-corrected chi connectivity index (χ4v) is 1.59. The zero-order chi connectivity index (χ0) is 12.8. The van der Waals surface area contributed by atoms with Gasteiger partial charge < -0.3 is 11.1 Å². The van der Waals surface area contributed by atoms with E-state index in [0.717, 1.165) is 19.5 Å². The third-order valence-corrected chi connectivity index (χ3v) is 2.35. The number of hydrogen-bond acceptors (Lipinski definition) is 3. The van der Waals surface area contributed by atoms with Crippen molar-refractivity contribution in [1.82, 2.24) is 10.2 Å². The first-order valence-corrected chi connectivity index (χ1v) is 6.08. The van der Waals surface area contributed by atoms with Crippen molar-refractivity contribution in [2.75, 3.05) is 19.6 Å². The van der Waals surface area contributed by atoms with Gasteiger partial charge in [-0.3, -0.25) is 9.69 Å². The highest BCUT2D eigenvalue weighted by Gasteiger charge is 2.23. The Labute approximate surface area is 99.6 Å². The lowest BCUT2D eigenvalue weighted by atomic mass is 10.1. The van der Waals surface area contributed by atoms with Crippen LogP contribution in [0, 0.1) is 0 Å². The molecule has 0 heterocycles. The molecule has 0 aliphatic carbocycles. The van der Waals surface area contributed by atoms with Crippen molar-refractivity contribution in [3.05, 3.63) is 0 Å². The molecular weight excluding hydrogens is 202 g/mol. The summed E-state index contributed by atoms with van der Waals surface area (Å²) in [7, 11) is 0. The molecule has 1 amide bonds. The highest BCUT2D eigenvalue weighted by Crippen LogP contribution is 2.04. The second-order valence-corrected chi connectivity index (χ2v) is 5.24. The van der Waals surface area contributed by atoms with Crippen LogP contribution < -0.4 is 11.1 Å². The van der Waals surface area contributed by atoms with Crippen molar-refractivity contribution in [3.63, 3.8) is 0 Å². The molecule has 0 bridgehead atoms. The molecule has 0 spiro atoms. The Morgan fingerprint density at radius 2 is 1.94 bits per heavy atom. The van der Waals surface area contributed by atoms with Crippen molar-refractivity contribution in [2.45, 2.75) is 52.6 Å². The molecule has 0 fully saturated rings. The summed E-state index contributed by atoms with van der Waals surface area (Å²) in [5, 5.41) is 2.99. The molecular formula is C12H27N3O. The maximum Gasteiger partial charge on any atom is 0.237 e. The Balaban J connectivity index is 4.36. The summed E-state index contributed by atoms with van der Waals surface area (Å²) in [5.41, 5.74) is 5.38. The largest absolute Gasteiger partial charge is 0.350 e. The van der Waals surface area contributed by atoms with E-state index in [-0.39, 0.29) is 17.5 Å². The number of carbonyl (C=O) groups is 1. The topological polar surface area (TPSA) is 58.4 Å². The molecule has 0 aliphatic heterocycles. The summed E-state index contributed by atoms with van der Waals surface area (Å²) in [5.74, 6) is 0.0781. The lowest BCUT2D eigenvalue weighted by Gasteiger charge is -2.30. The summed E-state index contributed by atoms with van der Waals surface area (Å²) >= 11 is 0. The van der Waals surface area contributed by atoms with Crippen LogP contribution in [-0.2, 0) is 4.79 Å². The molecule has 1 unspecified atom stereocenters. The monoisotopic (exact) mass is 229 g/mol. The average Bonchev–Trinajstić information content (AvgIpc) is 2.13. The minimum Gasteiger partial charge on any atom is -0.350 e. The molecule has 0 aromatic heterocycles. The first kappa shape index (κ1) is 15.4. The molecule has 96 valence electrons. The van der Waals surface area contributed by atoms with Gasteiger partial charge >= 0.3 is 0 Å². The fraction of sp³-hybridized carbons (Fsp3) is 0.917. The summed E-state index contributed by atoms with van der Waals surface area (Å²) in [6.07, 6.45) is 1.03. The Bertz CT molecular complexity index is 205. The molecule has 1 atom stereocenters. The standard InChI is InChI=1S/C12H27N3O/c1-6-8-15(9-7-13)10(2)11(16)14-12(3,4)5/h10H,6-9,13H2,1-5H3,(H,14,16). The second-order valence-electron chi connectivity index (χ2n) is 5.24. The van der Waals surface area contributed by atoms with Crippen LogP contribution in [0.3, 0.4) is 0 Å². The SMILES string of the molecule is CCCN(CCN)C(C)C(=O)NC(C)(C)C. The van der Waals surface area contributed by atoms with Gasteiger partial charge in [0.05, 0.1) is 6.04 Å². The first-order valence-electron chi connectivity index (χ1n) is 6.08. The minimum absolute atomic E-state index is 0.0781. The predicted molar refractivity (Wildman–Crippen MR) is 68.3 cm³/mol. The van der Waals surface area contributed by atoms with Crippen molar-refractivity contribution < 1.29 is 4.79 Å². The predicted octanol–water partition coefficient (Wildman–Crippen LogP) is 0.960. The molecule has 4 heteroatoms. The van der Waals surface area contributed by atoms with Crippen molar-refractivity contribution in [1.29, 1.82) is 0 Å².